The zero-order chi connectivity index (χ0) is 8.69. The third-order valence-electron chi connectivity index (χ3n) is 1.37. The van der Waals surface area contributed by atoms with Crippen molar-refractivity contribution in [3.05, 3.63) is 0 Å². The van der Waals surface area contributed by atoms with Crippen molar-refractivity contribution in [1.29, 1.82) is 0 Å². The molecule has 1 atom stereocenters. The molecule has 0 aliphatic heterocycles. The fourth-order valence-corrected chi connectivity index (χ4v) is 0.651. The molecule has 0 bridgehead atoms. The van der Waals surface area contributed by atoms with Gasteiger partial charge in [-0.2, -0.15) is 0 Å². The Balaban J connectivity index is 3.39. The monoisotopic (exact) mass is 154 g/mol. The summed E-state index contributed by atoms with van der Waals surface area (Å²) in [5.74, 6) is 2.56. The Hall–Kier alpha value is -0.970. The number of terminal acetylenes is 1. The lowest BCUT2D eigenvalue weighted by Gasteiger charge is -2.02. The van der Waals surface area contributed by atoms with Crippen LogP contribution in [0.25, 0.3) is 0 Å². The molecule has 0 aromatic carbocycles. The fourth-order valence-electron chi connectivity index (χ4n) is 0.651. The minimum atomic E-state index is -0.158. The molecule has 0 aliphatic rings. The Morgan fingerprint density at radius 2 is 2.36 bits per heavy atom. The lowest BCUT2D eigenvalue weighted by molar-refractivity contribution is -0.143. The molecule has 0 spiro atoms. The molecule has 11 heavy (non-hydrogen) atoms. The summed E-state index contributed by atoms with van der Waals surface area (Å²) < 4.78 is 4.73. The molecule has 0 N–H and O–H groups in total. The maximum absolute atomic E-state index is 10.8. The average molecular weight is 154 g/mol. The zero-order valence-corrected chi connectivity index (χ0v) is 7.09. The van der Waals surface area contributed by atoms with Crippen LogP contribution in [0.2, 0.25) is 0 Å². The van der Waals surface area contributed by atoms with Crippen LogP contribution in [-0.4, -0.2) is 12.6 Å². The van der Waals surface area contributed by atoms with Crippen LogP contribution in [0.15, 0.2) is 0 Å². The Labute approximate surface area is 67.9 Å². The van der Waals surface area contributed by atoms with Gasteiger partial charge in [-0.1, -0.05) is 6.92 Å². The van der Waals surface area contributed by atoms with E-state index in [-0.39, 0.29) is 11.9 Å². The van der Waals surface area contributed by atoms with E-state index in [4.69, 9.17) is 11.2 Å². The van der Waals surface area contributed by atoms with Gasteiger partial charge in [0.15, 0.2) is 0 Å². The molecule has 0 fully saturated rings. The predicted molar refractivity (Wildman–Crippen MR) is 43.9 cm³/mol. The maximum Gasteiger partial charge on any atom is 0.305 e. The van der Waals surface area contributed by atoms with E-state index in [1.165, 1.54) is 0 Å². The summed E-state index contributed by atoms with van der Waals surface area (Å²) in [6, 6.07) is 0. The molecule has 0 saturated heterocycles. The van der Waals surface area contributed by atoms with Crippen molar-refractivity contribution in [2.24, 2.45) is 5.92 Å². The van der Waals surface area contributed by atoms with E-state index in [0.717, 1.165) is 6.42 Å². The van der Waals surface area contributed by atoms with Crippen molar-refractivity contribution in [3.63, 3.8) is 0 Å². The standard InChI is InChI=1S/C9H14O2/c1-4-8(3)6-7-9(10)11-5-2/h1,8H,5-7H2,2-3H3. The van der Waals surface area contributed by atoms with E-state index >= 15 is 0 Å². The molecule has 0 aromatic rings. The molecule has 0 heterocycles. The fraction of sp³-hybridized carbons (Fsp3) is 0.667. The van der Waals surface area contributed by atoms with Gasteiger partial charge in [0, 0.05) is 12.3 Å². The molecular weight excluding hydrogens is 140 g/mol. The first-order valence-corrected chi connectivity index (χ1v) is 3.82. The van der Waals surface area contributed by atoms with Crippen LogP contribution >= 0.6 is 0 Å². The highest BCUT2D eigenvalue weighted by Crippen LogP contribution is 2.03. The lowest BCUT2D eigenvalue weighted by atomic mass is 10.1. The second kappa shape index (κ2) is 5.79. The number of esters is 1. The van der Waals surface area contributed by atoms with Gasteiger partial charge < -0.3 is 4.74 Å². The highest BCUT2D eigenvalue weighted by Gasteiger charge is 2.03. The molecular formula is C9H14O2. The zero-order valence-electron chi connectivity index (χ0n) is 7.09. The number of carbonyl (C=O) groups is 1. The van der Waals surface area contributed by atoms with E-state index < -0.39 is 0 Å². The smallest absolute Gasteiger partial charge is 0.305 e. The van der Waals surface area contributed by atoms with Crippen LogP contribution in [0.5, 0.6) is 0 Å². The predicted octanol–water partition coefficient (Wildman–Crippen LogP) is 1.60. The van der Waals surface area contributed by atoms with E-state index in [2.05, 4.69) is 5.92 Å². The van der Waals surface area contributed by atoms with Gasteiger partial charge >= 0.3 is 5.97 Å². The van der Waals surface area contributed by atoms with Crippen molar-refractivity contribution >= 4 is 5.97 Å². The van der Waals surface area contributed by atoms with E-state index in [1.54, 1.807) is 6.92 Å². The Morgan fingerprint density at radius 3 is 2.82 bits per heavy atom. The maximum atomic E-state index is 10.8. The van der Waals surface area contributed by atoms with Gasteiger partial charge in [0.05, 0.1) is 6.61 Å². The largest absolute Gasteiger partial charge is 0.466 e. The molecule has 1 unspecified atom stereocenters. The molecule has 0 rings (SSSR count). The highest BCUT2D eigenvalue weighted by molar-refractivity contribution is 5.69. The Bertz CT molecular complexity index is 155. The van der Waals surface area contributed by atoms with Gasteiger partial charge in [0.25, 0.3) is 0 Å². The van der Waals surface area contributed by atoms with Crippen LogP contribution in [0, 0.1) is 18.3 Å². The van der Waals surface area contributed by atoms with Crippen LogP contribution in [0.4, 0.5) is 0 Å². The first-order valence-electron chi connectivity index (χ1n) is 3.82. The van der Waals surface area contributed by atoms with Crippen molar-refractivity contribution in [1.82, 2.24) is 0 Å². The summed E-state index contributed by atoms with van der Waals surface area (Å²) in [5, 5.41) is 0. The minimum absolute atomic E-state index is 0.158. The summed E-state index contributed by atoms with van der Waals surface area (Å²) >= 11 is 0. The third kappa shape index (κ3) is 5.47. The summed E-state index contributed by atoms with van der Waals surface area (Å²) in [7, 11) is 0. The number of hydrogen-bond donors (Lipinski definition) is 0. The normalized spacial score (nSPS) is 11.7. The summed E-state index contributed by atoms with van der Waals surface area (Å²) in [5.41, 5.74) is 0. The first-order chi connectivity index (χ1) is 5.20. The van der Waals surface area contributed by atoms with Crippen LogP contribution in [0.1, 0.15) is 26.7 Å². The molecule has 2 nitrogen and oxygen atoms in total. The third-order valence-corrected chi connectivity index (χ3v) is 1.37. The topological polar surface area (TPSA) is 26.3 Å². The van der Waals surface area contributed by atoms with Gasteiger partial charge in [-0.25, -0.2) is 0 Å². The van der Waals surface area contributed by atoms with Crippen molar-refractivity contribution in [3.8, 4) is 12.3 Å². The van der Waals surface area contributed by atoms with Gasteiger partial charge in [-0.05, 0) is 13.3 Å². The van der Waals surface area contributed by atoms with E-state index in [0.29, 0.717) is 13.0 Å². The second-order valence-electron chi connectivity index (χ2n) is 2.41. The summed E-state index contributed by atoms with van der Waals surface area (Å²) in [6.45, 7) is 4.16. The van der Waals surface area contributed by atoms with Gasteiger partial charge in [0.2, 0.25) is 0 Å². The Kier molecular flexibility index (Phi) is 5.28. The average Bonchev–Trinajstić information content (AvgIpc) is 2.01. The highest BCUT2D eigenvalue weighted by atomic mass is 16.5. The van der Waals surface area contributed by atoms with Crippen molar-refractivity contribution in [2.75, 3.05) is 6.61 Å². The molecule has 0 aliphatic carbocycles. The van der Waals surface area contributed by atoms with Gasteiger partial charge in [-0.15, -0.1) is 12.3 Å². The quantitative estimate of drug-likeness (QED) is 0.454. The van der Waals surface area contributed by atoms with Crippen LogP contribution < -0.4 is 0 Å². The lowest BCUT2D eigenvalue weighted by Crippen LogP contribution is -2.05. The second-order valence-corrected chi connectivity index (χ2v) is 2.41. The molecule has 0 amide bonds. The van der Waals surface area contributed by atoms with Crippen molar-refractivity contribution < 1.29 is 9.53 Å². The minimum Gasteiger partial charge on any atom is -0.466 e. The van der Waals surface area contributed by atoms with Crippen LogP contribution in [0.3, 0.4) is 0 Å². The van der Waals surface area contributed by atoms with Gasteiger partial charge in [-0.3, -0.25) is 4.79 Å². The summed E-state index contributed by atoms with van der Waals surface area (Å²) in [4.78, 5) is 10.8. The number of rotatable bonds is 4. The number of ether oxygens (including phenoxy) is 1. The SMILES string of the molecule is C#CC(C)CCC(=O)OCC. The van der Waals surface area contributed by atoms with Gasteiger partial charge in [0.1, 0.15) is 0 Å². The summed E-state index contributed by atoms with van der Waals surface area (Å²) in [6.07, 6.45) is 6.28. The number of hydrogen-bond acceptors (Lipinski definition) is 2. The van der Waals surface area contributed by atoms with Crippen molar-refractivity contribution in [2.45, 2.75) is 26.7 Å². The molecule has 0 saturated carbocycles. The van der Waals surface area contributed by atoms with E-state index in [9.17, 15) is 4.79 Å². The Morgan fingerprint density at radius 1 is 1.73 bits per heavy atom. The molecule has 0 aromatic heterocycles. The molecule has 2 heteroatoms. The molecule has 0 radical (unpaired) electrons. The van der Waals surface area contributed by atoms with Crippen LogP contribution in [-0.2, 0) is 9.53 Å². The van der Waals surface area contributed by atoms with E-state index in [1.807, 2.05) is 6.92 Å². The first kappa shape index (κ1) is 10.0. The molecule has 62 valence electrons. The number of carbonyl (C=O) groups excluding carboxylic acids is 1.